The summed E-state index contributed by atoms with van der Waals surface area (Å²) in [4.78, 5) is 73.5. The first kappa shape index (κ1) is 27.8. The lowest BCUT2D eigenvalue weighted by atomic mass is 9.96. The molecule has 0 spiro atoms. The van der Waals surface area contributed by atoms with E-state index in [1.54, 1.807) is 13.8 Å². The number of rotatable bonds is 13. The van der Waals surface area contributed by atoms with Gasteiger partial charge in [-0.3, -0.25) is 24.0 Å². The van der Waals surface area contributed by atoms with Gasteiger partial charge in [0.15, 0.2) is 0 Å². The molecule has 0 bridgehead atoms. The molecule has 0 aliphatic carbocycles. The number of nitrogens with zero attached hydrogens (tertiary/aromatic N) is 1. The number of aliphatic carboxylic acids is 1. The summed E-state index contributed by atoms with van der Waals surface area (Å²) in [6, 6.07) is -4.62. The molecule has 1 saturated heterocycles. The molecular formula is C20H34N6O7. The Labute approximate surface area is 191 Å². The van der Waals surface area contributed by atoms with E-state index in [0.29, 0.717) is 19.3 Å². The van der Waals surface area contributed by atoms with Crippen LogP contribution in [0.15, 0.2) is 0 Å². The molecule has 1 fully saturated rings. The van der Waals surface area contributed by atoms with Crippen molar-refractivity contribution in [3.05, 3.63) is 0 Å². The monoisotopic (exact) mass is 470 g/mol. The van der Waals surface area contributed by atoms with Crippen LogP contribution in [0.4, 0.5) is 0 Å². The zero-order valence-electron chi connectivity index (χ0n) is 18.9. The first-order valence-corrected chi connectivity index (χ1v) is 10.8. The fourth-order valence-electron chi connectivity index (χ4n) is 3.52. The molecule has 1 rings (SSSR count). The predicted octanol–water partition coefficient (Wildman–Crippen LogP) is -2.45. The molecule has 0 aromatic carbocycles. The highest BCUT2D eigenvalue weighted by molar-refractivity contribution is 5.96. The number of hydrogen-bond acceptors (Lipinski definition) is 7. The molecule has 5 amide bonds. The molecule has 0 saturated carbocycles. The third kappa shape index (κ3) is 8.33. The molecular weight excluding hydrogens is 436 g/mol. The van der Waals surface area contributed by atoms with Crippen LogP contribution in [0.2, 0.25) is 0 Å². The largest absolute Gasteiger partial charge is 0.480 e. The molecule has 0 aromatic rings. The fraction of sp³-hybridized carbons (Fsp3) is 0.700. The Bertz CT molecular complexity index is 774. The van der Waals surface area contributed by atoms with Crippen LogP contribution >= 0.6 is 0 Å². The molecule has 5 atom stereocenters. The predicted molar refractivity (Wildman–Crippen MR) is 116 cm³/mol. The van der Waals surface area contributed by atoms with E-state index < -0.39 is 66.1 Å². The van der Waals surface area contributed by atoms with E-state index in [9.17, 15) is 33.9 Å². The third-order valence-corrected chi connectivity index (χ3v) is 5.67. The van der Waals surface area contributed by atoms with Crippen molar-refractivity contribution in [1.82, 2.24) is 15.5 Å². The number of nitrogens with two attached hydrogens (primary N) is 3. The first-order chi connectivity index (χ1) is 15.4. The maximum atomic E-state index is 13.1. The number of hydrogen-bond donors (Lipinski definition) is 6. The third-order valence-electron chi connectivity index (χ3n) is 5.67. The molecule has 13 nitrogen and oxygen atoms in total. The molecule has 5 unspecified atom stereocenters. The van der Waals surface area contributed by atoms with E-state index in [1.165, 1.54) is 4.90 Å². The minimum Gasteiger partial charge on any atom is -0.480 e. The lowest BCUT2D eigenvalue weighted by Crippen LogP contribution is -2.59. The SMILES string of the molecule is CCC(C)C(NC(=O)C(CC(N)=O)NC(=O)C(N)CCC(N)=O)C(=O)N1CCCC1C(=O)O. The molecule has 1 aliphatic heterocycles. The minimum atomic E-state index is -1.41. The summed E-state index contributed by atoms with van der Waals surface area (Å²) >= 11 is 0. The lowest BCUT2D eigenvalue weighted by Gasteiger charge is -2.31. The van der Waals surface area contributed by atoms with E-state index >= 15 is 0 Å². The van der Waals surface area contributed by atoms with Crippen molar-refractivity contribution < 1.29 is 33.9 Å². The molecule has 0 aromatic heterocycles. The summed E-state index contributed by atoms with van der Waals surface area (Å²) in [5, 5.41) is 14.3. The van der Waals surface area contributed by atoms with Gasteiger partial charge in [0.1, 0.15) is 18.1 Å². The Hall–Kier alpha value is -3.22. The number of carboxylic acid groups (broad SMARTS) is 1. The number of carbonyl (C=O) groups excluding carboxylic acids is 5. The molecule has 1 aliphatic rings. The summed E-state index contributed by atoms with van der Waals surface area (Å²) in [5.74, 6) is -5.20. The second-order valence-electron chi connectivity index (χ2n) is 8.24. The van der Waals surface area contributed by atoms with Gasteiger partial charge in [-0.1, -0.05) is 20.3 Å². The van der Waals surface area contributed by atoms with Crippen molar-refractivity contribution in [2.24, 2.45) is 23.1 Å². The van der Waals surface area contributed by atoms with Gasteiger partial charge in [-0.2, -0.15) is 0 Å². The number of amides is 5. The Morgan fingerprint density at radius 1 is 1.06 bits per heavy atom. The van der Waals surface area contributed by atoms with Crippen molar-refractivity contribution in [1.29, 1.82) is 0 Å². The van der Waals surface area contributed by atoms with Gasteiger partial charge in [-0.25, -0.2) is 4.79 Å². The van der Waals surface area contributed by atoms with Crippen LogP contribution < -0.4 is 27.8 Å². The Balaban J connectivity index is 3.00. The van der Waals surface area contributed by atoms with Crippen molar-refractivity contribution in [3.8, 4) is 0 Å². The summed E-state index contributed by atoms with van der Waals surface area (Å²) in [7, 11) is 0. The quantitative estimate of drug-likeness (QED) is 0.169. The molecule has 13 heteroatoms. The molecule has 1 heterocycles. The van der Waals surface area contributed by atoms with Gasteiger partial charge in [0.25, 0.3) is 0 Å². The van der Waals surface area contributed by atoms with Crippen molar-refractivity contribution >= 4 is 35.5 Å². The van der Waals surface area contributed by atoms with Gasteiger partial charge in [0.2, 0.25) is 29.5 Å². The first-order valence-electron chi connectivity index (χ1n) is 10.8. The second-order valence-corrected chi connectivity index (χ2v) is 8.24. The van der Waals surface area contributed by atoms with Crippen molar-refractivity contribution in [2.45, 2.75) is 76.5 Å². The second kappa shape index (κ2) is 12.7. The van der Waals surface area contributed by atoms with Crippen LogP contribution in [-0.4, -0.2) is 76.2 Å². The lowest BCUT2D eigenvalue weighted by molar-refractivity contribution is -0.150. The van der Waals surface area contributed by atoms with Crippen molar-refractivity contribution in [2.75, 3.05) is 6.54 Å². The molecule has 186 valence electrons. The number of carboxylic acids is 1. The van der Waals surface area contributed by atoms with Crippen LogP contribution in [0, 0.1) is 5.92 Å². The summed E-state index contributed by atoms with van der Waals surface area (Å²) < 4.78 is 0. The van der Waals surface area contributed by atoms with E-state index in [0.717, 1.165) is 0 Å². The van der Waals surface area contributed by atoms with Gasteiger partial charge in [0.05, 0.1) is 12.5 Å². The van der Waals surface area contributed by atoms with Gasteiger partial charge >= 0.3 is 5.97 Å². The number of nitrogens with one attached hydrogen (secondary N) is 2. The average Bonchev–Trinajstić information content (AvgIpc) is 3.24. The van der Waals surface area contributed by atoms with Crippen LogP contribution in [0.3, 0.4) is 0 Å². The van der Waals surface area contributed by atoms with Crippen LogP contribution in [0.1, 0.15) is 52.4 Å². The molecule has 9 N–H and O–H groups in total. The van der Waals surface area contributed by atoms with E-state index in [4.69, 9.17) is 17.2 Å². The van der Waals surface area contributed by atoms with Gasteiger partial charge in [0, 0.05) is 13.0 Å². The van der Waals surface area contributed by atoms with Gasteiger partial charge in [-0.15, -0.1) is 0 Å². The number of carbonyl (C=O) groups is 6. The number of primary amides is 2. The smallest absolute Gasteiger partial charge is 0.326 e. The maximum Gasteiger partial charge on any atom is 0.326 e. The fourth-order valence-corrected chi connectivity index (χ4v) is 3.52. The van der Waals surface area contributed by atoms with Crippen LogP contribution in [0.5, 0.6) is 0 Å². The average molecular weight is 471 g/mol. The molecule has 0 radical (unpaired) electrons. The summed E-state index contributed by atoms with van der Waals surface area (Å²) in [6.07, 6.45) is 0.563. The van der Waals surface area contributed by atoms with E-state index in [1.807, 2.05) is 0 Å². The normalized spacial score (nSPS) is 19.1. The summed E-state index contributed by atoms with van der Waals surface area (Å²) in [6.45, 7) is 3.76. The summed E-state index contributed by atoms with van der Waals surface area (Å²) in [5.41, 5.74) is 15.9. The van der Waals surface area contributed by atoms with Gasteiger partial charge in [-0.05, 0) is 25.2 Å². The molecule has 33 heavy (non-hydrogen) atoms. The van der Waals surface area contributed by atoms with Gasteiger partial charge < -0.3 is 37.8 Å². The number of likely N-dealkylation sites (tertiary alicyclic amines) is 1. The Morgan fingerprint density at radius 2 is 1.70 bits per heavy atom. The van der Waals surface area contributed by atoms with Crippen LogP contribution in [-0.2, 0) is 28.8 Å². The van der Waals surface area contributed by atoms with E-state index in [-0.39, 0.29) is 25.3 Å². The zero-order chi connectivity index (χ0) is 25.3. The topological polar surface area (TPSA) is 228 Å². The van der Waals surface area contributed by atoms with E-state index in [2.05, 4.69) is 10.6 Å². The standard InChI is InChI=1S/C20H34N6O7/c1-3-10(2)16(19(31)26-8-4-5-13(26)20(32)33)25-18(30)12(9-15(23)28)24-17(29)11(21)6-7-14(22)27/h10-13,16H,3-9,21H2,1-2H3,(H2,22,27)(H2,23,28)(H,24,29)(H,25,30)(H,32,33). The Kier molecular flexibility index (Phi) is 10.7. The highest BCUT2D eigenvalue weighted by Crippen LogP contribution is 2.21. The van der Waals surface area contributed by atoms with Crippen LogP contribution in [0.25, 0.3) is 0 Å². The minimum absolute atomic E-state index is 0.0639. The zero-order valence-corrected chi connectivity index (χ0v) is 18.9. The maximum absolute atomic E-state index is 13.1. The van der Waals surface area contributed by atoms with Crippen molar-refractivity contribution in [3.63, 3.8) is 0 Å². The highest BCUT2D eigenvalue weighted by atomic mass is 16.4. The highest BCUT2D eigenvalue weighted by Gasteiger charge is 2.40. The Morgan fingerprint density at radius 3 is 2.21 bits per heavy atom.